The summed E-state index contributed by atoms with van der Waals surface area (Å²) < 4.78 is 25.0. The number of carbonyl (C=O) groups excluding carboxylic acids is 1. The number of amides is 1. The number of rotatable bonds is 3. The Morgan fingerprint density at radius 3 is 2.22 bits per heavy atom. The normalized spacial score (nSPS) is 22.1. The van der Waals surface area contributed by atoms with Gasteiger partial charge in [0.1, 0.15) is 0 Å². The number of benzene rings is 1. The molecule has 0 radical (unpaired) electrons. The highest BCUT2D eigenvalue weighted by Gasteiger charge is 2.30. The third-order valence-electron chi connectivity index (χ3n) is 4.68. The monoisotopic (exact) mass is 358 g/mol. The Morgan fingerprint density at radius 2 is 1.70 bits per heavy atom. The SMILES string of the molecule is Cl.NC1CCN(C(=O)c2ccc(S(=O)(=O)C3CCCC3)cc2)C1. The lowest BCUT2D eigenvalue weighted by Gasteiger charge is -2.16. The molecule has 1 amide bonds. The topological polar surface area (TPSA) is 80.5 Å². The van der Waals surface area contributed by atoms with E-state index in [-0.39, 0.29) is 29.6 Å². The molecule has 1 saturated heterocycles. The second kappa shape index (κ2) is 7.20. The smallest absolute Gasteiger partial charge is 0.253 e. The van der Waals surface area contributed by atoms with Crippen LogP contribution in [0.15, 0.2) is 29.2 Å². The predicted molar refractivity (Wildman–Crippen MR) is 91.6 cm³/mol. The van der Waals surface area contributed by atoms with Crippen LogP contribution in [0.25, 0.3) is 0 Å². The summed E-state index contributed by atoms with van der Waals surface area (Å²) in [5.41, 5.74) is 6.35. The van der Waals surface area contributed by atoms with Crippen molar-refractivity contribution in [1.29, 1.82) is 0 Å². The van der Waals surface area contributed by atoms with Gasteiger partial charge in [0.2, 0.25) is 0 Å². The minimum atomic E-state index is -3.25. The van der Waals surface area contributed by atoms with Gasteiger partial charge < -0.3 is 10.6 Å². The zero-order valence-corrected chi connectivity index (χ0v) is 14.6. The maximum atomic E-state index is 12.5. The number of sulfone groups is 1. The number of nitrogens with two attached hydrogens (primary N) is 1. The van der Waals surface area contributed by atoms with E-state index >= 15 is 0 Å². The van der Waals surface area contributed by atoms with Crippen LogP contribution in [0.2, 0.25) is 0 Å². The number of halogens is 1. The molecule has 1 aliphatic carbocycles. The summed E-state index contributed by atoms with van der Waals surface area (Å²) in [5, 5.41) is -0.259. The lowest BCUT2D eigenvalue weighted by molar-refractivity contribution is 0.0791. The fraction of sp³-hybridized carbons (Fsp3) is 0.562. The molecule has 2 fully saturated rings. The Morgan fingerprint density at radius 1 is 1.09 bits per heavy atom. The second-order valence-corrected chi connectivity index (χ2v) is 8.50. The van der Waals surface area contributed by atoms with E-state index in [9.17, 15) is 13.2 Å². The molecule has 1 aliphatic heterocycles. The van der Waals surface area contributed by atoms with Gasteiger partial charge in [-0.3, -0.25) is 4.79 Å². The summed E-state index contributed by atoms with van der Waals surface area (Å²) in [4.78, 5) is 14.4. The van der Waals surface area contributed by atoms with Crippen molar-refractivity contribution in [2.45, 2.75) is 48.3 Å². The Balaban J connectivity index is 0.00000192. The zero-order chi connectivity index (χ0) is 15.7. The van der Waals surface area contributed by atoms with Crippen molar-refractivity contribution in [3.05, 3.63) is 29.8 Å². The molecule has 2 N–H and O–H groups in total. The van der Waals surface area contributed by atoms with Crippen LogP contribution in [-0.2, 0) is 9.84 Å². The third kappa shape index (κ3) is 3.70. The van der Waals surface area contributed by atoms with Crippen LogP contribution in [-0.4, -0.2) is 43.6 Å². The van der Waals surface area contributed by atoms with E-state index < -0.39 is 9.84 Å². The van der Waals surface area contributed by atoms with E-state index in [1.165, 1.54) is 0 Å². The molecule has 1 aromatic rings. The fourth-order valence-corrected chi connectivity index (χ4v) is 5.19. The van der Waals surface area contributed by atoms with Crippen molar-refractivity contribution < 1.29 is 13.2 Å². The highest BCUT2D eigenvalue weighted by Crippen LogP contribution is 2.29. The van der Waals surface area contributed by atoms with E-state index in [4.69, 9.17) is 5.73 Å². The van der Waals surface area contributed by atoms with Crippen molar-refractivity contribution in [2.24, 2.45) is 5.73 Å². The molecular formula is C16H23ClN2O3S. The summed E-state index contributed by atoms with van der Waals surface area (Å²) in [6, 6.07) is 6.42. The summed E-state index contributed by atoms with van der Waals surface area (Å²) >= 11 is 0. The van der Waals surface area contributed by atoms with E-state index in [1.54, 1.807) is 29.2 Å². The molecule has 2 aliphatic rings. The van der Waals surface area contributed by atoms with Gasteiger partial charge in [0.15, 0.2) is 9.84 Å². The number of hydrogen-bond acceptors (Lipinski definition) is 4. The van der Waals surface area contributed by atoms with Crippen LogP contribution >= 0.6 is 12.4 Å². The molecule has 5 nitrogen and oxygen atoms in total. The van der Waals surface area contributed by atoms with Crippen LogP contribution in [0.3, 0.4) is 0 Å². The largest absolute Gasteiger partial charge is 0.337 e. The Labute approximate surface area is 143 Å². The van der Waals surface area contributed by atoms with Crippen molar-refractivity contribution in [2.75, 3.05) is 13.1 Å². The minimum absolute atomic E-state index is 0. The van der Waals surface area contributed by atoms with E-state index in [2.05, 4.69) is 0 Å². The van der Waals surface area contributed by atoms with Crippen molar-refractivity contribution >= 4 is 28.2 Å². The summed E-state index contributed by atoms with van der Waals surface area (Å²) in [6.45, 7) is 1.24. The van der Waals surface area contributed by atoms with Crippen molar-refractivity contribution in [3.63, 3.8) is 0 Å². The van der Waals surface area contributed by atoms with Crippen molar-refractivity contribution in [1.82, 2.24) is 4.90 Å². The van der Waals surface area contributed by atoms with Crippen LogP contribution in [0.1, 0.15) is 42.5 Å². The van der Waals surface area contributed by atoms with Gasteiger partial charge in [-0.15, -0.1) is 12.4 Å². The first kappa shape index (κ1) is 18.2. The molecule has 0 bridgehead atoms. The van der Waals surface area contributed by atoms with Gasteiger partial charge in [-0.05, 0) is 43.5 Å². The molecule has 1 aromatic carbocycles. The van der Waals surface area contributed by atoms with Crippen LogP contribution in [0.4, 0.5) is 0 Å². The van der Waals surface area contributed by atoms with E-state index in [1.807, 2.05) is 0 Å². The quantitative estimate of drug-likeness (QED) is 0.896. The number of nitrogens with zero attached hydrogens (tertiary/aromatic N) is 1. The van der Waals surface area contributed by atoms with Gasteiger partial charge in [0.05, 0.1) is 10.1 Å². The summed E-state index contributed by atoms with van der Waals surface area (Å²) in [5.74, 6) is -0.0715. The van der Waals surface area contributed by atoms with Gasteiger partial charge in [-0.1, -0.05) is 12.8 Å². The molecule has 3 rings (SSSR count). The highest BCUT2D eigenvalue weighted by atomic mass is 35.5. The zero-order valence-electron chi connectivity index (χ0n) is 13.0. The maximum Gasteiger partial charge on any atom is 0.253 e. The fourth-order valence-electron chi connectivity index (χ4n) is 3.33. The average molecular weight is 359 g/mol. The maximum absolute atomic E-state index is 12.5. The van der Waals surface area contributed by atoms with Gasteiger partial charge in [-0.2, -0.15) is 0 Å². The predicted octanol–water partition coefficient (Wildman–Crippen LogP) is 2.00. The molecular weight excluding hydrogens is 336 g/mol. The van der Waals surface area contributed by atoms with Gasteiger partial charge >= 0.3 is 0 Å². The Hall–Kier alpha value is -1.11. The molecule has 1 atom stereocenters. The molecule has 1 unspecified atom stereocenters. The highest BCUT2D eigenvalue weighted by molar-refractivity contribution is 7.92. The first-order valence-corrected chi connectivity index (χ1v) is 9.42. The Kier molecular flexibility index (Phi) is 5.70. The molecule has 128 valence electrons. The molecule has 0 spiro atoms. The van der Waals surface area contributed by atoms with Crippen LogP contribution in [0, 0.1) is 0 Å². The van der Waals surface area contributed by atoms with Gasteiger partial charge in [0, 0.05) is 24.7 Å². The summed E-state index contributed by atoms with van der Waals surface area (Å²) in [7, 11) is -3.25. The standard InChI is InChI=1S/C16H22N2O3S.ClH/c17-13-9-10-18(11-13)16(19)12-5-7-15(8-6-12)22(20,21)14-3-1-2-4-14;/h5-8,13-14H,1-4,9-11,17H2;1H. The molecule has 23 heavy (non-hydrogen) atoms. The minimum Gasteiger partial charge on any atom is -0.337 e. The van der Waals surface area contributed by atoms with E-state index in [0.717, 1.165) is 32.1 Å². The Bertz CT molecular complexity index is 654. The molecule has 7 heteroatoms. The first-order valence-electron chi connectivity index (χ1n) is 7.87. The van der Waals surface area contributed by atoms with Gasteiger partial charge in [-0.25, -0.2) is 8.42 Å². The average Bonchev–Trinajstić information content (AvgIpc) is 3.18. The van der Waals surface area contributed by atoms with Gasteiger partial charge in [0.25, 0.3) is 5.91 Å². The summed E-state index contributed by atoms with van der Waals surface area (Å²) in [6.07, 6.45) is 4.27. The van der Waals surface area contributed by atoms with Crippen molar-refractivity contribution in [3.8, 4) is 0 Å². The number of hydrogen-bond donors (Lipinski definition) is 1. The molecule has 1 saturated carbocycles. The number of likely N-dealkylation sites (tertiary alicyclic amines) is 1. The van der Waals surface area contributed by atoms with E-state index in [0.29, 0.717) is 23.5 Å². The lowest BCUT2D eigenvalue weighted by Crippen LogP contribution is -2.31. The molecule has 0 aromatic heterocycles. The lowest BCUT2D eigenvalue weighted by atomic mass is 10.2. The van der Waals surface area contributed by atoms with Crippen LogP contribution < -0.4 is 5.73 Å². The second-order valence-electron chi connectivity index (χ2n) is 6.28. The third-order valence-corrected chi connectivity index (χ3v) is 6.96. The number of carbonyl (C=O) groups is 1. The molecule has 1 heterocycles. The first-order chi connectivity index (χ1) is 10.5. The van der Waals surface area contributed by atoms with Crippen LogP contribution in [0.5, 0.6) is 0 Å².